The van der Waals surface area contributed by atoms with Crippen molar-refractivity contribution in [2.75, 3.05) is 11.1 Å². The predicted molar refractivity (Wildman–Crippen MR) is 87.5 cm³/mol. The van der Waals surface area contributed by atoms with Crippen molar-refractivity contribution < 1.29 is 4.74 Å². The van der Waals surface area contributed by atoms with Crippen molar-refractivity contribution >= 4 is 22.9 Å². The molecular weight excluding hydrogens is 262 g/mol. The summed E-state index contributed by atoms with van der Waals surface area (Å²) in [5.41, 5.74) is 9.58. The zero-order valence-corrected chi connectivity index (χ0v) is 12.3. The van der Waals surface area contributed by atoms with Gasteiger partial charge in [-0.15, -0.1) is 0 Å². The topological polar surface area (TPSA) is 59.6 Å². The Morgan fingerprint density at radius 1 is 1.19 bits per heavy atom. The molecule has 0 amide bonds. The van der Waals surface area contributed by atoms with Crippen LogP contribution < -0.4 is 15.8 Å². The van der Waals surface area contributed by atoms with Gasteiger partial charge in [0.2, 0.25) is 0 Å². The molecule has 108 valence electrons. The lowest BCUT2D eigenvalue weighted by Crippen LogP contribution is -2.32. The van der Waals surface area contributed by atoms with Gasteiger partial charge in [0, 0.05) is 17.4 Å². The Hall–Kier alpha value is -2.49. The van der Waals surface area contributed by atoms with Gasteiger partial charge in [0.05, 0.1) is 0 Å². The van der Waals surface area contributed by atoms with Gasteiger partial charge in [0.15, 0.2) is 6.10 Å². The Balaban J connectivity index is 1.85. The van der Waals surface area contributed by atoms with E-state index in [0.717, 1.165) is 29.4 Å². The van der Waals surface area contributed by atoms with Gasteiger partial charge >= 0.3 is 0 Å². The molecule has 21 heavy (non-hydrogen) atoms. The summed E-state index contributed by atoms with van der Waals surface area (Å²) >= 11 is 0. The zero-order valence-electron chi connectivity index (χ0n) is 12.3. The number of benzene rings is 2. The number of rotatable bonds is 2. The van der Waals surface area contributed by atoms with Gasteiger partial charge in [-0.3, -0.25) is 0 Å². The number of aryl methyl sites for hydroxylation is 1. The van der Waals surface area contributed by atoms with Crippen molar-refractivity contribution in [2.45, 2.75) is 26.4 Å². The molecule has 3 rings (SSSR count). The predicted octanol–water partition coefficient (Wildman–Crippen LogP) is 3.75. The van der Waals surface area contributed by atoms with Gasteiger partial charge in [-0.05, 0) is 43.2 Å². The molecule has 0 saturated heterocycles. The minimum absolute atomic E-state index is 0.134. The van der Waals surface area contributed by atoms with Crippen LogP contribution in [0.3, 0.4) is 0 Å². The standard InChI is InChI=1S/C17H19N3O/c1-3-12-4-7-14(8-5-12)19-17-11(2)21-16-10-13(18)6-9-15(16)20-17/h4-11H,3,18H2,1-2H3,(H,19,20). The first-order valence-corrected chi connectivity index (χ1v) is 7.16. The van der Waals surface area contributed by atoms with Crippen LogP contribution in [0.25, 0.3) is 0 Å². The molecule has 1 unspecified atom stereocenters. The molecule has 0 bridgehead atoms. The molecule has 0 aromatic heterocycles. The van der Waals surface area contributed by atoms with Crippen molar-refractivity contribution in [1.82, 2.24) is 0 Å². The minimum Gasteiger partial charge on any atom is -0.480 e. The third-order valence-corrected chi connectivity index (χ3v) is 3.55. The molecular formula is C17H19N3O. The van der Waals surface area contributed by atoms with E-state index in [2.05, 4.69) is 41.5 Å². The molecule has 1 aliphatic heterocycles. The van der Waals surface area contributed by atoms with E-state index < -0.39 is 0 Å². The first kappa shape index (κ1) is 13.5. The van der Waals surface area contributed by atoms with E-state index in [0.29, 0.717) is 5.69 Å². The molecule has 4 nitrogen and oxygen atoms in total. The summed E-state index contributed by atoms with van der Waals surface area (Å²) in [5.74, 6) is 1.53. The van der Waals surface area contributed by atoms with Gasteiger partial charge < -0.3 is 15.8 Å². The van der Waals surface area contributed by atoms with Crippen LogP contribution in [0.15, 0.2) is 47.5 Å². The molecule has 3 N–H and O–H groups in total. The molecule has 1 aliphatic rings. The fourth-order valence-electron chi connectivity index (χ4n) is 2.29. The molecule has 2 aromatic carbocycles. The molecule has 0 fully saturated rings. The van der Waals surface area contributed by atoms with Gasteiger partial charge in [-0.25, -0.2) is 4.99 Å². The van der Waals surface area contributed by atoms with Crippen molar-refractivity contribution in [3.8, 4) is 5.75 Å². The molecule has 0 radical (unpaired) electrons. The first-order chi connectivity index (χ1) is 10.2. The minimum atomic E-state index is -0.134. The van der Waals surface area contributed by atoms with E-state index in [4.69, 9.17) is 10.5 Å². The summed E-state index contributed by atoms with van der Waals surface area (Å²) in [6.45, 7) is 4.12. The number of nitrogens with two attached hydrogens (primary N) is 1. The summed E-state index contributed by atoms with van der Waals surface area (Å²) in [6, 6.07) is 13.9. The van der Waals surface area contributed by atoms with Gasteiger partial charge in [0.25, 0.3) is 0 Å². The third-order valence-electron chi connectivity index (χ3n) is 3.55. The average Bonchev–Trinajstić information content (AvgIpc) is 2.49. The van der Waals surface area contributed by atoms with E-state index in [1.54, 1.807) is 0 Å². The van der Waals surface area contributed by atoms with Crippen molar-refractivity contribution in [2.24, 2.45) is 4.99 Å². The summed E-state index contributed by atoms with van der Waals surface area (Å²) in [4.78, 5) is 4.63. The van der Waals surface area contributed by atoms with E-state index in [-0.39, 0.29) is 6.10 Å². The first-order valence-electron chi connectivity index (χ1n) is 7.16. The van der Waals surface area contributed by atoms with Gasteiger partial charge in [-0.2, -0.15) is 0 Å². The monoisotopic (exact) mass is 281 g/mol. The fraction of sp³-hybridized carbons (Fsp3) is 0.235. The maximum atomic E-state index is 5.87. The Labute approximate surface area is 124 Å². The molecule has 1 atom stereocenters. The lowest BCUT2D eigenvalue weighted by atomic mass is 10.1. The number of amidine groups is 1. The van der Waals surface area contributed by atoms with Crippen LogP contribution >= 0.6 is 0 Å². The highest BCUT2D eigenvalue weighted by Crippen LogP contribution is 2.34. The van der Waals surface area contributed by atoms with Crippen LogP contribution in [-0.4, -0.2) is 11.9 Å². The fourth-order valence-corrected chi connectivity index (χ4v) is 2.29. The molecule has 0 saturated carbocycles. The third kappa shape index (κ3) is 2.84. The van der Waals surface area contributed by atoms with Crippen molar-refractivity contribution in [1.29, 1.82) is 0 Å². The Bertz CT molecular complexity index is 677. The number of ether oxygens (including phenoxy) is 1. The second-order valence-electron chi connectivity index (χ2n) is 5.16. The Kier molecular flexibility index (Phi) is 3.52. The van der Waals surface area contributed by atoms with Crippen LogP contribution in [0.2, 0.25) is 0 Å². The molecule has 0 aliphatic carbocycles. The summed E-state index contributed by atoms with van der Waals surface area (Å²) < 4.78 is 5.87. The highest BCUT2D eigenvalue weighted by atomic mass is 16.5. The smallest absolute Gasteiger partial charge is 0.153 e. The highest BCUT2D eigenvalue weighted by molar-refractivity contribution is 6.01. The maximum absolute atomic E-state index is 5.87. The van der Waals surface area contributed by atoms with Crippen LogP contribution in [0.5, 0.6) is 5.75 Å². The normalized spacial score (nSPS) is 16.7. The van der Waals surface area contributed by atoms with E-state index in [1.165, 1.54) is 5.56 Å². The Morgan fingerprint density at radius 2 is 1.95 bits per heavy atom. The number of anilines is 2. The summed E-state index contributed by atoms with van der Waals surface area (Å²) in [7, 11) is 0. The van der Waals surface area contributed by atoms with Crippen molar-refractivity contribution in [3.05, 3.63) is 48.0 Å². The number of nitrogens with one attached hydrogen (secondary N) is 1. The average molecular weight is 281 g/mol. The number of fused-ring (bicyclic) bond motifs is 1. The number of hydrogen-bond acceptors (Lipinski definition) is 4. The number of aliphatic imine (C=N–C) groups is 1. The number of hydrogen-bond donors (Lipinski definition) is 2. The summed E-state index contributed by atoms with van der Waals surface area (Å²) in [5, 5.41) is 3.33. The van der Waals surface area contributed by atoms with Gasteiger partial charge in [0.1, 0.15) is 17.3 Å². The quantitative estimate of drug-likeness (QED) is 0.824. The lowest BCUT2D eigenvalue weighted by molar-refractivity contribution is 0.283. The molecule has 2 aromatic rings. The summed E-state index contributed by atoms with van der Waals surface area (Å²) in [6.07, 6.45) is 0.903. The molecule has 0 spiro atoms. The number of nitrogens with zero attached hydrogens (tertiary/aromatic N) is 1. The van der Waals surface area contributed by atoms with Crippen LogP contribution in [-0.2, 0) is 6.42 Å². The second kappa shape index (κ2) is 5.48. The second-order valence-corrected chi connectivity index (χ2v) is 5.16. The maximum Gasteiger partial charge on any atom is 0.153 e. The van der Waals surface area contributed by atoms with Gasteiger partial charge in [-0.1, -0.05) is 19.1 Å². The van der Waals surface area contributed by atoms with Crippen LogP contribution in [0, 0.1) is 0 Å². The molecule has 1 heterocycles. The van der Waals surface area contributed by atoms with E-state index in [1.807, 2.05) is 25.1 Å². The highest BCUT2D eigenvalue weighted by Gasteiger charge is 2.20. The Morgan fingerprint density at radius 3 is 2.67 bits per heavy atom. The van der Waals surface area contributed by atoms with E-state index in [9.17, 15) is 0 Å². The van der Waals surface area contributed by atoms with Crippen molar-refractivity contribution in [3.63, 3.8) is 0 Å². The van der Waals surface area contributed by atoms with Crippen LogP contribution in [0.1, 0.15) is 19.4 Å². The zero-order chi connectivity index (χ0) is 14.8. The largest absolute Gasteiger partial charge is 0.480 e. The number of nitrogen functional groups attached to an aromatic ring is 1. The SMILES string of the molecule is CCc1ccc(NC2=Nc3ccc(N)cc3OC2C)cc1. The van der Waals surface area contributed by atoms with E-state index >= 15 is 0 Å². The van der Waals surface area contributed by atoms with Crippen LogP contribution in [0.4, 0.5) is 17.1 Å². The molecule has 4 heteroatoms. The lowest BCUT2D eigenvalue weighted by Gasteiger charge is -2.24.